The van der Waals surface area contributed by atoms with Gasteiger partial charge in [-0.1, -0.05) is 17.7 Å². The number of aryl methyl sites for hydroxylation is 1. The molecule has 1 saturated heterocycles. The largest absolute Gasteiger partial charge is 0.487 e. The molecule has 5 heteroatoms. The van der Waals surface area contributed by atoms with Gasteiger partial charge >= 0.3 is 0 Å². The van der Waals surface area contributed by atoms with Crippen LogP contribution in [0.15, 0.2) is 40.8 Å². The second-order valence-corrected chi connectivity index (χ2v) is 11.6. The quantitative estimate of drug-likeness (QED) is 0.407. The number of furan rings is 1. The Bertz CT molecular complexity index is 1320. The number of ether oxygens (including phenoxy) is 1. The normalized spacial score (nSPS) is 18.9. The molecule has 2 aromatic carbocycles. The van der Waals surface area contributed by atoms with Crippen molar-refractivity contribution in [3.63, 3.8) is 0 Å². The number of fused-ring (bicyclic) bond motifs is 1. The van der Waals surface area contributed by atoms with Gasteiger partial charge in [-0.15, -0.1) is 0 Å². The molecule has 1 fully saturated rings. The summed E-state index contributed by atoms with van der Waals surface area (Å²) in [6.45, 7) is 17.3. The molecule has 0 saturated carbocycles. The van der Waals surface area contributed by atoms with Crippen molar-refractivity contribution in [1.82, 2.24) is 4.90 Å². The Kier molecular flexibility index (Phi) is 6.59. The Morgan fingerprint density at radius 1 is 0.973 bits per heavy atom. The fourth-order valence-electron chi connectivity index (χ4n) is 5.89. The Labute approximate surface area is 221 Å². The van der Waals surface area contributed by atoms with Crippen LogP contribution in [0.1, 0.15) is 76.9 Å². The number of hydrogen-bond donors (Lipinski definition) is 0. The molecule has 0 radical (unpaired) electrons. The molecule has 0 spiro atoms. The standard InChI is InChI=1S/C32H40N2O3/c1-20-8-10-25(11-9-20)34-17-16-33(19-21(34)2)31(35)29-13-12-26(36-29)18-28-22(3)23(4)30-27(24(28)5)14-15-32(6,7)37-30/h8-13,21H,14-19H2,1-7H3. The van der Waals surface area contributed by atoms with Gasteiger partial charge in [0.05, 0.1) is 0 Å². The number of hydrogen-bond acceptors (Lipinski definition) is 4. The summed E-state index contributed by atoms with van der Waals surface area (Å²) in [6.07, 6.45) is 2.72. The van der Waals surface area contributed by atoms with Gasteiger partial charge < -0.3 is 19.0 Å². The second kappa shape index (κ2) is 9.59. The molecular formula is C32H40N2O3. The Morgan fingerprint density at radius 2 is 1.70 bits per heavy atom. The second-order valence-electron chi connectivity index (χ2n) is 11.6. The minimum atomic E-state index is -0.127. The van der Waals surface area contributed by atoms with Gasteiger partial charge in [-0.2, -0.15) is 0 Å². The van der Waals surface area contributed by atoms with Gasteiger partial charge in [-0.25, -0.2) is 0 Å². The van der Waals surface area contributed by atoms with Gasteiger partial charge in [-0.3, -0.25) is 4.79 Å². The zero-order chi connectivity index (χ0) is 26.5. The van der Waals surface area contributed by atoms with Crippen molar-refractivity contribution in [2.45, 2.75) is 79.4 Å². The van der Waals surface area contributed by atoms with Gasteiger partial charge in [0.1, 0.15) is 17.1 Å². The van der Waals surface area contributed by atoms with Gasteiger partial charge in [-0.05, 0) is 113 Å². The summed E-state index contributed by atoms with van der Waals surface area (Å²) in [7, 11) is 0. The molecule has 1 amide bonds. The number of nitrogens with zero attached hydrogens (tertiary/aromatic N) is 2. The first-order chi connectivity index (χ1) is 17.5. The first kappa shape index (κ1) is 25.4. The first-order valence-electron chi connectivity index (χ1n) is 13.6. The lowest BCUT2D eigenvalue weighted by Gasteiger charge is -2.41. The number of anilines is 1. The predicted molar refractivity (Wildman–Crippen MR) is 149 cm³/mol. The lowest BCUT2D eigenvalue weighted by Crippen LogP contribution is -2.53. The number of benzene rings is 2. The van der Waals surface area contributed by atoms with Gasteiger partial charge in [0.15, 0.2) is 5.76 Å². The van der Waals surface area contributed by atoms with E-state index < -0.39 is 0 Å². The Hall–Kier alpha value is -3.21. The topological polar surface area (TPSA) is 45.9 Å². The van der Waals surface area contributed by atoms with Crippen LogP contribution in [-0.2, 0) is 12.8 Å². The maximum absolute atomic E-state index is 13.3. The van der Waals surface area contributed by atoms with Crippen molar-refractivity contribution in [1.29, 1.82) is 0 Å². The van der Waals surface area contributed by atoms with Crippen LogP contribution in [0, 0.1) is 27.7 Å². The van der Waals surface area contributed by atoms with E-state index in [2.05, 4.69) is 77.6 Å². The number of carbonyl (C=O) groups excluding carboxylic acids is 1. The summed E-state index contributed by atoms with van der Waals surface area (Å²) in [5.41, 5.74) is 8.70. The van der Waals surface area contributed by atoms with Crippen LogP contribution in [0.5, 0.6) is 5.75 Å². The van der Waals surface area contributed by atoms with Crippen LogP contribution in [0.2, 0.25) is 0 Å². The van der Waals surface area contributed by atoms with Crippen molar-refractivity contribution in [2.75, 3.05) is 24.5 Å². The van der Waals surface area contributed by atoms with E-state index in [9.17, 15) is 4.79 Å². The molecule has 1 atom stereocenters. The fourth-order valence-corrected chi connectivity index (χ4v) is 5.89. The summed E-state index contributed by atoms with van der Waals surface area (Å²) >= 11 is 0. The van der Waals surface area contributed by atoms with E-state index in [4.69, 9.17) is 9.15 Å². The molecule has 196 valence electrons. The predicted octanol–water partition coefficient (Wildman–Crippen LogP) is 6.56. The Balaban J connectivity index is 1.30. The molecule has 5 nitrogen and oxygen atoms in total. The van der Waals surface area contributed by atoms with Crippen LogP contribution in [0.4, 0.5) is 5.69 Å². The van der Waals surface area contributed by atoms with Crippen molar-refractivity contribution in [3.05, 3.63) is 81.3 Å². The molecule has 2 aliphatic rings. The molecule has 0 aliphatic carbocycles. The molecule has 1 unspecified atom stereocenters. The minimum absolute atomic E-state index is 0.0210. The smallest absolute Gasteiger partial charge is 0.289 e. The molecule has 0 N–H and O–H groups in total. The third-order valence-corrected chi connectivity index (χ3v) is 8.39. The monoisotopic (exact) mass is 500 g/mol. The maximum atomic E-state index is 13.3. The SMILES string of the molecule is Cc1ccc(N2CCN(C(=O)c3ccc(Cc4c(C)c(C)c5c(c4C)CCC(C)(C)O5)o3)CC2C)cc1. The van der Waals surface area contributed by atoms with E-state index in [1.807, 2.05) is 17.0 Å². The highest BCUT2D eigenvalue weighted by Crippen LogP contribution is 2.41. The van der Waals surface area contributed by atoms with Gasteiger partial charge in [0.25, 0.3) is 5.91 Å². The van der Waals surface area contributed by atoms with E-state index in [1.54, 1.807) is 0 Å². The summed E-state index contributed by atoms with van der Waals surface area (Å²) in [5.74, 6) is 2.30. The third-order valence-electron chi connectivity index (χ3n) is 8.39. The van der Waals surface area contributed by atoms with Crippen molar-refractivity contribution < 1.29 is 13.9 Å². The van der Waals surface area contributed by atoms with Gasteiger partial charge in [0, 0.05) is 37.8 Å². The number of rotatable bonds is 4. The third kappa shape index (κ3) is 4.88. The highest BCUT2D eigenvalue weighted by Gasteiger charge is 2.32. The van der Waals surface area contributed by atoms with Crippen LogP contribution in [0.25, 0.3) is 0 Å². The zero-order valence-electron chi connectivity index (χ0n) is 23.4. The number of piperazine rings is 1. The molecule has 0 bridgehead atoms. The Morgan fingerprint density at radius 3 is 2.41 bits per heavy atom. The molecule has 1 aromatic heterocycles. The first-order valence-corrected chi connectivity index (χ1v) is 13.6. The van der Waals surface area contributed by atoms with Crippen molar-refractivity contribution in [2.24, 2.45) is 0 Å². The minimum Gasteiger partial charge on any atom is -0.487 e. The van der Waals surface area contributed by atoms with Crippen LogP contribution >= 0.6 is 0 Å². The molecule has 5 rings (SSSR count). The average molecular weight is 501 g/mol. The molecule has 3 aromatic rings. The molecule has 37 heavy (non-hydrogen) atoms. The van der Waals surface area contributed by atoms with Crippen molar-refractivity contribution in [3.8, 4) is 5.75 Å². The van der Waals surface area contributed by atoms with E-state index in [0.717, 1.165) is 30.9 Å². The van der Waals surface area contributed by atoms with Crippen molar-refractivity contribution >= 4 is 11.6 Å². The van der Waals surface area contributed by atoms with Gasteiger partial charge in [0.2, 0.25) is 0 Å². The number of amides is 1. The lowest BCUT2D eigenvalue weighted by atomic mass is 9.84. The van der Waals surface area contributed by atoms with E-state index in [-0.39, 0.29) is 17.6 Å². The van der Waals surface area contributed by atoms with E-state index >= 15 is 0 Å². The average Bonchev–Trinajstić information content (AvgIpc) is 3.33. The summed E-state index contributed by atoms with van der Waals surface area (Å²) in [6, 6.07) is 12.7. The molecular weight excluding hydrogens is 460 g/mol. The molecule has 2 aliphatic heterocycles. The summed E-state index contributed by atoms with van der Waals surface area (Å²) < 4.78 is 12.5. The zero-order valence-corrected chi connectivity index (χ0v) is 23.4. The molecule has 3 heterocycles. The lowest BCUT2D eigenvalue weighted by molar-refractivity contribution is 0.0692. The van der Waals surface area contributed by atoms with E-state index in [0.29, 0.717) is 25.3 Å². The van der Waals surface area contributed by atoms with Crippen LogP contribution in [0.3, 0.4) is 0 Å². The highest BCUT2D eigenvalue weighted by atomic mass is 16.5. The highest BCUT2D eigenvalue weighted by molar-refractivity contribution is 5.91. The summed E-state index contributed by atoms with van der Waals surface area (Å²) in [4.78, 5) is 17.6. The van der Waals surface area contributed by atoms with Crippen LogP contribution in [-0.4, -0.2) is 42.1 Å². The fraction of sp³-hybridized carbons (Fsp3) is 0.469. The summed E-state index contributed by atoms with van der Waals surface area (Å²) in [5, 5.41) is 0. The number of carbonyl (C=O) groups is 1. The van der Waals surface area contributed by atoms with E-state index in [1.165, 1.54) is 39.1 Å². The van der Waals surface area contributed by atoms with Crippen LogP contribution < -0.4 is 9.64 Å². The maximum Gasteiger partial charge on any atom is 0.289 e.